The third-order valence-corrected chi connectivity index (χ3v) is 3.77. The largest absolute Gasteiger partial charge is 0.449 e. The number of hydrogen-bond acceptors (Lipinski definition) is 4. The maximum atomic E-state index is 11.8. The predicted molar refractivity (Wildman–Crippen MR) is 82.5 cm³/mol. The third-order valence-electron chi connectivity index (χ3n) is 3.77. The van der Waals surface area contributed by atoms with Crippen molar-refractivity contribution in [2.24, 2.45) is 0 Å². The Kier molecular flexibility index (Phi) is 10.3. The zero-order valence-corrected chi connectivity index (χ0v) is 13.6. The van der Waals surface area contributed by atoms with Crippen LogP contribution in [0.5, 0.6) is 0 Å². The van der Waals surface area contributed by atoms with Gasteiger partial charge in [0.2, 0.25) is 0 Å². The molecule has 1 rings (SSSR count). The van der Waals surface area contributed by atoms with Gasteiger partial charge in [0.25, 0.3) is 0 Å². The molecule has 21 heavy (non-hydrogen) atoms. The van der Waals surface area contributed by atoms with Crippen LogP contribution in [0.3, 0.4) is 0 Å². The van der Waals surface area contributed by atoms with Crippen LogP contribution in [0.1, 0.15) is 51.9 Å². The number of amides is 1. The Hall–Kier alpha value is -0.810. The van der Waals surface area contributed by atoms with Crippen LogP contribution in [0, 0.1) is 0 Å². The molecule has 124 valence electrons. The van der Waals surface area contributed by atoms with Crippen molar-refractivity contribution in [3.05, 3.63) is 0 Å². The lowest BCUT2D eigenvalue weighted by molar-refractivity contribution is 0.00392. The summed E-state index contributed by atoms with van der Waals surface area (Å²) >= 11 is 0. The Morgan fingerprint density at radius 1 is 1.05 bits per heavy atom. The summed E-state index contributed by atoms with van der Waals surface area (Å²) in [5.41, 5.74) is 0. The SMILES string of the molecule is CCCCOC(=O)N1CCC(OCCCCCOC)CC1. The second kappa shape index (κ2) is 11.8. The van der Waals surface area contributed by atoms with Gasteiger partial charge in [0.05, 0.1) is 12.7 Å². The van der Waals surface area contributed by atoms with E-state index < -0.39 is 0 Å². The quantitative estimate of drug-likeness (QED) is 0.581. The van der Waals surface area contributed by atoms with Crippen molar-refractivity contribution in [2.45, 2.75) is 58.0 Å². The molecule has 5 nitrogen and oxygen atoms in total. The van der Waals surface area contributed by atoms with Crippen molar-refractivity contribution in [3.8, 4) is 0 Å². The van der Waals surface area contributed by atoms with Crippen LogP contribution < -0.4 is 0 Å². The average Bonchev–Trinajstić information content (AvgIpc) is 2.51. The molecule has 0 bridgehead atoms. The first kappa shape index (κ1) is 18.2. The molecule has 0 aromatic heterocycles. The molecule has 0 saturated carbocycles. The highest BCUT2D eigenvalue weighted by Gasteiger charge is 2.23. The first-order chi connectivity index (χ1) is 10.3. The van der Waals surface area contributed by atoms with Crippen molar-refractivity contribution in [1.29, 1.82) is 0 Å². The fourth-order valence-corrected chi connectivity index (χ4v) is 2.38. The number of likely N-dealkylation sites (tertiary alicyclic amines) is 1. The summed E-state index contributed by atoms with van der Waals surface area (Å²) in [4.78, 5) is 13.6. The Labute approximate surface area is 128 Å². The van der Waals surface area contributed by atoms with Crippen molar-refractivity contribution in [1.82, 2.24) is 4.90 Å². The van der Waals surface area contributed by atoms with Gasteiger partial charge < -0.3 is 19.1 Å². The smallest absolute Gasteiger partial charge is 0.409 e. The molecule has 0 aromatic rings. The Morgan fingerprint density at radius 2 is 1.76 bits per heavy atom. The van der Waals surface area contributed by atoms with E-state index in [1.54, 1.807) is 12.0 Å². The molecule has 1 aliphatic heterocycles. The van der Waals surface area contributed by atoms with E-state index in [4.69, 9.17) is 14.2 Å². The second-order valence-corrected chi connectivity index (χ2v) is 5.58. The summed E-state index contributed by atoms with van der Waals surface area (Å²) in [5.74, 6) is 0. The molecule has 0 radical (unpaired) electrons. The van der Waals surface area contributed by atoms with E-state index in [2.05, 4.69) is 6.92 Å². The van der Waals surface area contributed by atoms with Gasteiger partial charge in [-0.2, -0.15) is 0 Å². The number of hydrogen-bond donors (Lipinski definition) is 0. The monoisotopic (exact) mass is 301 g/mol. The van der Waals surface area contributed by atoms with Gasteiger partial charge in [0.1, 0.15) is 0 Å². The molecule has 1 amide bonds. The fourth-order valence-electron chi connectivity index (χ4n) is 2.38. The third kappa shape index (κ3) is 8.27. The normalized spacial score (nSPS) is 16.2. The zero-order chi connectivity index (χ0) is 15.3. The highest BCUT2D eigenvalue weighted by atomic mass is 16.6. The van der Waals surface area contributed by atoms with E-state index >= 15 is 0 Å². The highest BCUT2D eigenvalue weighted by Crippen LogP contribution is 2.15. The van der Waals surface area contributed by atoms with Gasteiger partial charge >= 0.3 is 6.09 Å². The minimum absolute atomic E-state index is 0.165. The Morgan fingerprint density at radius 3 is 2.43 bits per heavy atom. The summed E-state index contributed by atoms with van der Waals surface area (Å²) in [6, 6.07) is 0. The predicted octanol–water partition coefficient (Wildman–Crippen LogP) is 3.22. The number of rotatable bonds is 10. The van der Waals surface area contributed by atoms with Crippen LogP contribution in [0.4, 0.5) is 4.79 Å². The van der Waals surface area contributed by atoms with Crippen molar-refractivity contribution in [2.75, 3.05) is 40.0 Å². The molecule has 0 atom stereocenters. The minimum atomic E-state index is -0.165. The number of carbonyl (C=O) groups is 1. The topological polar surface area (TPSA) is 48.0 Å². The van der Waals surface area contributed by atoms with Gasteiger partial charge in [-0.05, 0) is 38.5 Å². The number of piperidine rings is 1. The minimum Gasteiger partial charge on any atom is -0.449 e. The van der Waals surface area contributed by atoms with Gasteiger partial charge in [-0.1, -0.05) is 13.3 Å². The summed E-state index contributed by atoms with van der Waals surface area (Å²) in [6.07, 6.45) is 7.29. The van der Waals surface area contributed by atoms with Gasteiger partial charge in [0.15, 0.2) is 0 Å². The molecule has 1 fully saturated rings. The molecule has 0 aliphatic carbocycles. The van der Waals surface area contributed by atoms with Gasteiger partial charge in [-0.25, -0.2) is 4.79 Å². The molecule has 0 unspecified atom stereocenters. The van der Waals surface area contributed by atoms with Gasteiger partial charge in [0, 0.05) is 33.4 Å². The standard InChI is InChI=1S/C16H31NO4/c1-3-4-13-21-16(18)17-10-8-15(9-11-17)20-14-7-5-6-12-19-2/h15H,3-14H2,1-2H3. The number of nitrogens with zero attached hydrogens (tertiary/aromatic N) is 1. The first-order valence-electron chi connectivity index (χ1n) is 8.30. The lowest BCUT2D eigenvalue weighted by Gasteiger charge is -2.31. The zero-order valence-electron chi connectivity index (χ0n) is 13.6. The van der Waals surface area contributed by atoms with E-state index in [1.165, 1.54) is 0 Å². The molecule has 0 aromatic carbocycles. The van der Waals surface area contributed by atoms with Crippen LogP contribution in [-0.2, 0) is 14.2 Å². The van der Waals surface area contributed by atoms with Crippen molar-refractivity contribution >= 4 is 6.09 Å². The van der Waals surface area contributed by atoms with E-state index in [9.17, 15) is 4.79 Å². The summed E-state index contributed by atoms with van der Waals surface area (Å²) in [7, 11) is 1.73. The lowest BCUT2D eigenvalue weighted by atomic mass is 10.1. The number of ether oxygens (including phenoxy) is 3. The first-order valence-corrected chi connectivity index (χ1v) is 8.30. The van der Waals surface area contributed by atoms with E-state index in [0.717, 1.165) is 71.2 Å². The number of unbranched alkanes of at least 4 members (excludes halogenated alkanes) is 3. The summed E-state index contributed by atoms with van der Waals surface area (Å²) in [6.45, 7) is 5.77. The van der Waals surface area contributed by atoms with Gasteiger partial charge in [-0.3, -0.25) is 0 Å². The molecule has 1 saturated heterocycles. The molecular formula is C16H31NO4. The van der Waals surface area contributed by atoms with Crippen LogP contribution in [-0.4, -0.2) is 57.1 Å². The van der Waals surface area contributed by atoms with Crippen molar-refractivity contribution in [3.63, 3.8) is 0 Å². The molecule has 0 spiro atoms. The summed E-state index contributed by atoms with van der Waals surface area (Å²) in [5, 5.41) is 0. The van der Waals surface area contributed by atoms with Crippen LogP contribution in [0.15, 0.2) is 0 Å². The highest BCUT2D eigenvalue weighted by molar-refractivity contribution is 5.67. The van der Waals surface area contributed by atoms with Crippen LogP contribution in [0.2, 0.25) is 0 Å². The lowest BCUT2D eigenvalue weighted by Crippen LogP contribution is -2.41. The summed E-state index contributed by atoms with van der Waals surface area (Å²) < 4.78 is 16.1. The molecular weight excluding hydrogens is 270 g/mol. The van der Waals surface area contributed by atoms with E-state index in [-0.39, 0.29) is 6.09 Å². The number of carbonyl (C=O) groups excluding carboxylic acids is 1. The molecule has 0 N–H and O–H groups in total. The van der Waals surface area contributed by atoms with Crippen LogP contribution in [0.25, 0.3) is 0 Å². The van der Waals surface area contributed by atoms with E-state index in [1.807, 2.05) is 0 Å². The van der Waals surface area contributed by atoms with Crippen LogP contribution >= 0.6 is 0 Å². The fraction of sp³-hybridized carbons (Fsp3) is 0.938. The van der Waals surface area contributed by atoms with Gasteiger partial charge in [-0.15, -0.1) is 0 Å². The Balaban J connectivity index is 2.02. The van der Waals surface area contributed by atoms with E-state index in [0.29, 0.717) is 12.7 Å². The second-order valence-electron chi connectivity index (χ2n) is 5.58. The maximum absolute atomic E-state index is 11.8. The van der Waals surface area contributed by atoms with Crippen molar-refractivity contribution < 1.29 is 19.0 Å². The number of methoxy groups -OCH3 is 1. The Bertz CT molecular complexity index is 265. The molecule has 1 heterocycles. The maximum Gasteiger partial charge on any atom is 0.409 e. The molecule has 5 heteroatoms. The molecule has 1 aliphatic rings. The average molecular weight is 301 g/mol.